The first-order valence-electron chi connectivity index (χ1n) is 15.8. The predicted octanol–water partition coefficient (Wildman–Crippen LogP) is 10.8. The summed E-state index contributed by atoms with van der Waals surface area (Å²) in [5, 5.41) is 0. The van der Waals surface area contributed by atoms with Gasteiger partial charge in [-0.1, -0.05) is 167 Å². The highest BCUT2D eigenvalue weighted by atomic mass is 32.3. The first-order valence-corrected chi connectivity index (χ1v) is 17.1. The van der Waals surface area contributed by atoms with Crippen LogP contribution >= 0.6 is 0 Å². The molecule has 0 heterocycles. The van der Waals surface area contributed by atoms with E-state index in [1.807, 2.05) is 0 Å². The maximum Gasteiger partial charge on any atom is 0.397 e. The van der Waals surface area contributed by atoms with Gasteiger partial charge in [0.2, 0.25) is 0 Å². The third kappa shape index (κ3) is 29.8. The largest absolute Gasteiger partial charge is 0.397 e. The highest BCUT2D eigenvalue weighted by Crippen LogP contribution is 2.17. The molecule has 5 heteroatoms. The number of allylic oxidation sites excluding steroid dienone is 1. The van der Waals surface area contributed by atoms with Crippen LogP contribution < -0.4 is 0 Å². The summed E-state index contributed by atoms with van der Waals surface area (Å²) in [6.07, 6.45) is 37.0. The molecule has 1 N–H and O–H groups in total. The van der Waals surface area contributed by atoms with Crippen LogP contribution in [0.15, 0.2) is 12.2 Å². The van der Waals surface area contributed by atoms with Gasteiger partial charge in [-0.3, -0.25) is 4.55 Å². The van der Waals surface area contributed by atoms with Gasteiger partial charge >= 0.3 is 10.4 Å². The minimum Gasteiger partial charge on any atom is -0.264 e. The molecule has 0 fully saturated rings. The quantitative estimate of drug-likeness (QED) is 0.0593. The predicted molar refractivity (Wildman–Crippen MR) is 157 cm³/mol. The summed E-state index contributed by atoms with van der Waals surface area (Å²) in [7, 11) is -4.36. The molecule has 0 saturated carbocycles. The second kappa shape index (κ2) is 27.6. The van der Waals surface area contributed by atoms with Crippen LogP contribution in [0.2, 0.25) is 0 Å². The Morgan fingerprint density at radius 1 is 0.583 bits per heavy atom. The van der Waals surface area contributed by atoms with Gasteiger partial charge < -0.3 is 0 Å². The lowest BCUT2D eigenvalue weighted by molar-refractivity contribution is 0.234. The Balaban J connectivity index is 3.65. The average molecular weight is 531 g/mol. The SMILES string of the molecule is CCCCCCC/C=C/C(CCCCCCCCCCCCCCCCCCCC)COS(=O)(=O)O. The smallest absolute Gasteiger partial charge is 0.264 e. The van der Waals surface area contributed by atoms with Gasteiger partial charge in [0, 0.05) is 5.92 Å². The molecule has 0 bridgehead atoms. The third-order valence-electron chi connectivity index (χ3n) is 7.24. The molecule has 216 valence electrons. The van der Waals surface area contributed by atoms with Gasteiger partial charge in [-0.2, -0.15) is 8.42 Å². The van der Waals surface area contributed by atoms with E-state index in [-0.39, 0.29) is 12.5 Å². The van der Waals surface area contributed by atoms with Gasteiger partial charge in [-0.05, 0) is 19.3 Å². The van der Waals surface area contributed by atoms with E-state index in [4.69, 9.17) is 4.55 Å². The summed E-state index contributed by atoms with van der Waals surface area (Å²) in [6.45, 7) is 4.55. The normalized spacial score (nSPS) is 13.1. The van der Waals surface area contributed by atoms with Crippen molar-refractivity contribution in [2.24, 2.45) is 5.92 Å². The van der Waals surface area contributed by atoms with Gasteiger partial charge in [-0.25, -0.2) is 4.18 Å². The fourth-order valence-electron chi connectivity index (χ4n) is 4.87. The highest BCUT2D eigenvalue weighted by Gasteiger charge is 2.11. The van der Waals surface area contributed by atoms with Crippen LogP contribution in [0, 0.1) is 5.92 Å². The van der Waals surface area contributed by atoms with Crippen molar-refractivity contribution in [1.29, 1.82) is 0 Å². The molecule has 0 aromatic carbocycles. The van der Waals surface area contributed by atoms with Crippen molar-refractivity contribution in [2.75, 3.05) is 6.61 Å². The van der Waals surface area contributed by atoms with Crippen molar-refractivity contribution in [3.63, 3.8) is 0 Å². The lowest BCUT2D eigenvalue weighted by atomic mass is 9.99. The Morgan fingerprint density at radius 2 is 0.944 bits per heavy atom. The van der Waals surface area contributed by atoms with Crippen molar-refractivity contribution in [3.05, 3.63) is 12.2 Å². The van der Waals surface area contributed by atoms with Crippen LogP contribution in [0.3, 0.4) is 0 Å². The molecule has 0 aliphatic heterocycles. The van der Waals surface area contributed by atoms with Crippen LogP contribution in [0.5, 0.6) is 0 Å². The molecular formula is C31H62O4S. The van der Waals surface area contributed by atoms with Crippen molar-refractivity contribution in [2.45, 2.75) is 174 Å². The highest BCUT2D eigenvalue weighted by molar-refractivity contribution is 7.80. The van der Waals surface area contributed by atoms with Crippen LogP contribution in [0.1, 0.15) is 174 Å². The average Bonchev–Trinajstić information content (AvgIpc) is 2.84. The van der Waals surface area contributed by atoms with Gasteiger partial charge in [-0.15, -0.1) is 0 Å². The minimum atomic E-state index is -4.36. The molecular weight excluding hydrogens is 468 g/mol. The van der Waals surface area contributed by atoms with E-state index in [2.05, 4.69) is 30.2 Å². The van der Waals surface area contributed by atoms with Crippen LogP contribution in [0.4, 0.5) is 0 Å². The molecule has 0 aliphatic carbocycles. The first kappa shape index (κ1) is 35.6. The van der Waals surface area contributed by atoms with Gasteiger partial charge in [0.15, 0.2) is 0 Å². The van der Waals surface area contributed by atoms with E-state index in [1.54, 1.807) is 0 Å². The molecule has 0 aromatic rings. The Hall–Kier alpha value is -0.390. The maximum absolute atomic E-state index is 11.0. The number of hydrogen-bond acceptors (Lipinski definition) is 3. The summed E-state index contributed by atoms with van der Waals surface area (Å²) in [6, 6.07) is 0. The second-order valence-electron chi connectivity index (χ2n) is 10.9. The summed E-state index contributed by atoms with van der Waals surface area (Å²) in [5.74, 6) is 0.0589. The zero-order valence-corrected chi connectivity index (χ0v) is 25.0. The maximum atomic E-state index is 11.0. The molecule has 0 radical (unpaired) electrons. The van der Waals surface area contributed by atoms with Gasteiger partial charge in [0.25, 0.3) is 0 Å². The number of unbranched alkanes of at least 4 members (excludes halogenated alkanes) is 22. The van der Waals surface area contributed by atoms with E-state index in [1.165, 1.54) is 141 Å². The van der Waals surface area contributed by atoms with Crippen molar-refractivity contribution in [3.8, 4) is 0 Å². The second-order valence-corrected chi connectivity index (χ2v) is 12.0. The molecule has 0 aromatic heterocycles. The number of rotatable bonds is 29. The van der Waals surface area contributed by atoms with Crippen molar-refractivity contribution >= 4 is 10.4 Å². The Kier molecular flexibility index (Phi) is 27.3. The Bertz CT molecular complexity index is 559. The lowest BCUT2D eigenvalue weighted by Gasteiger charge is -2.12. The van der Waals surface area contributed by atoms with E-state index in [0.717, 1.165) is 19.3 Å². The van der Waals surface area contributed by atoms with E-state index >= 15 is 0 Å². The molecule has 0 rings (SSSR count). The Labute approximate surface area is 226 Å². The zero-order chi connectivity index (χ0) is 26.6. The zero-order valence-electron chi connectivity index (χ0n) is 24.2. The topological polar surface area (TPSA) is 63.6 Å². The molecule has 1 atom stereocenters. The summed E-state index contributed by atoms with van der Waals surface area (Å²) < 4.78 is 35.5. The molecule has 0 amide bonds. The number of hydrogen-bond donors (Lipinski definition) is 1. The van der Waals surface area contributed by atoms with Crippen molar-refractivity contribution in [1.82, 2.24) is 0 Å². The van der Waals surface area contributed by atoms with Crippen LogP contribution in [0.25, 0.3) is 0 Å². The molecule has 1 unspecified atom stereocenters. The molecule has 0 aliphatic rings. The van der Waals surface area contributed by atoms with E-state index < -0.39 is 10.4 Å². The molecule has 0 saturated heterocycles. The fraction of sp³-hybridized carbons (Fsp3) is 0.935. The summed E-state index contributed by atoms with van der Waals surface area (Å²) in [5.41, 5.74) is 0. The lowest BCUT2D eigenvalue weighted by Crippen LogP contribution is -2.12. The van der Waals surface area contributed by atoms with Crippen LogP contribution in [-0.4, -0.2) is 19.6 Å². The third-order valence-corrected chi connectivity index (χ3v) is 7.68. The monoisotopic (exact) mass is 530 g/mol. The molecule has 36 heavy (non-hydrogen) atoms. The standard InChI is InChI=1S/C31H62O4S/c1-3-5-7-9-11-12-13-14-15-16-17-18-19-20-21-23-25-27-29-31(30-35-36(32,33)34)28-26-24-22-10-8-6-4-2/h26,28,31H,3-25,27,29-30H2,1-2H3,(H,32,33,34)/b28-26+. The fourth-order valence-corrected chi connectivity index (χ4v) is 5.22. The van der Waals surface area contributed by atoms with Gasteiger partial charge in [0.1, 0.15) is 0 Å². The van der Waals surface area contributed by atoms with Crippen LogP contribution in [-0.2, 0) is 14.6 Å². The molecule has 4 nitrogen and oxygen atoms in total. The van der Waals surface area contributed by atoms with E-state index in [9.17, 15) is 8.42 Å². The first-order chi connectivity index (χ1) is 17.5. The summed E-state index contributed by atoms with van der Waals surface area (Å²) in [4.78, 5) is 0. The Morgan fingerprint density at radius 3 is 1.33 bits per heavy atom. The van der Waals surface area contributed by atoms with E-state index in [0.29, 0.717) is 0 Å². The van der Waals surface area contributed by atoms with Gasteiger partial charge in [0.05, 0.1) is 6.61 Å². The molecule has 0 spiro atoms. The van der Waals surface area contributed by atoms with Crippen molar-refractivity contribution < 1.29 is 17.2 Å². The summed E-state index contributed by atoms with van der Waals surface area (Å²) >= 11 is 0. The minimum absolute atomic E-state index is 0.0458.